The lowest BCUT2D eigenvalue weighted by Gasteiger charge is -2.02. The average molecular weight is 278 g/mol. The van der Waals surface area contributed by atoms with Crippen molar-refractivity contribution in [3.05, 3.63) is 32.9 Å². The van der Waals surface area contributed by atoms with Gasteiger partial charge in [0.15, 0.2) is 10.4 Å². The van der Waals surface area contributed by atoms with Gasteiger partial charge < -0.3 is 4.98 Å². The Bertz CT molecular complexity index is 730. The molecule has 0 spiro atoms. The molecule has 0 radical (unpaired) electrons. The van der Waals surface area contributed by atoms with Crippen LogP contribution in [0.3, 0.4) is 0 Å². The highest BCUT2D eigenvalue weighted by molar-refractivity contribution is 7.71. The number of fused-ring (bicyclic) bond motifs is 1. The minimum atomic E-state index is 0.765. The second kappa shape index (κ2) is 4.37. The lowest BCUT2D eigenvalue weighted by atomic mass is 10.3. The number of hydrogen-bond acceptors (Lipinski definition) is 3. The fourth-order valence-electron chi connectivity index (χ4n) is 2.23. The number of thiophene rings is 1. The van der Waals surface area contributed by atoms with Gasteiger partial charge in [0, 0.05) is 11.9 Å². The Morgan fingerprint density at radius 1 is 1.50 bits per heavy atom. The molecule has 94 valence electrons. The van der Waals surface area contributed by atoms with E-state index in [1.165, 1.54) is 4.88 Å². The van der Waals surface area contributed by atoms with E-state index in [0.29, 0.717) is 0 Å². The van der Waals surface area contributed by atoms with Crippen molar-refractivity contribution >= 4 is 34.7 Å². The van der Waals surface area contributed by atoms with Crippen LogP contribution in [0.15, 0.2) is 17.5 Å². The van der Waals surface area contributed by atoms with Gasteiger partial charge in [-0.3, -0.25) is 9.25 Å². The van der Waals surface area contributed by atoms with Crippen molar-refractivity contribution in [2.45, 2.75) is 19.9 Å². The molecule has 0 aliphatic rings. The van der Waals surface area contributed by atoms with Crippen LogP contribution in [0.2, 0.25) is 0 Å². The van der Waals surface area contributed by atoms with Gasteiger partial charge in [-0.05, 0) is 30.1 Å². The van der Waals surface area contributed by atoms with E-state index < -0.39 is 0 Å². The zero-order valence-corrected chi connectivity index (χ0v) is 11.9. The van der Waals surface area contributed by atoms with E-state index in [0.717, 1.165) is 34.6 Å². The molecule has 0 amide bonds. The normalized spacial score (nSPS) is 11.4. The van der Waals surface area contributed by atoms with Gasteiger partial charge in [0.2, 0.25) is 0 Å². The van der Waals surface area contributed by atoms with Crippen molar-refractivity contribution in [1.29, 1.82) is 0 Å². The van der Waals surface area contributed by atoms with Gasteiger partial charge in [-0.2, -0.15) is 5.10 Å². The minimum Gasteiger partial charge on any atom is -0.328 e. The summed E-state index contributed by atoms with van der Waals surface area (Å²) in [4.78, 5) is 4.58. The summed E-state index contributed by atoms with van der Waals surface area (Å²) in [6.45, 7) is 2.91. The molecule has 0 atom stereocenters. The molecule has 6 heteroatoms. The Balaban J connectivity index is 2.19. The quantitative estimate of drug-likeness (QED) is 0.748. The second-order valence-corrected chi connectivity index (χ2v) is 5.64. The summed E-state index contributed by atoms with van der Waals surface area (Å²) < 4.78 is 4.79. The molecule has 0 aromatic carbocycles. The second-order valence-electron chi connectivity index (χ2n) is 4.22. The van der Waals surface area contributed by atoms with Gasteiger partial charge in [-0.25, -0.2) is 0 Å². The third kappa shape index (κ3) is 1.72. The van der Waals surface area contributed by atoms with Crippen LogP contribution < -0.4 is 0 Å². The predicted molar refractivity (Wildman–Crippen MR) is 76.7 cm³/mol. The topological polar surface area (TPSA) is 38.5 Å². The summed E-state index contributed by atoms with van der Waals surface area (Å²) in [5.74, 6) is 0. The van der Waals surface area contributed by atoms with Gasteiger partial charge in [-0.15, -0.1) is 11.3 Å². The number of nitrogens with one attached hydrogen (secondary N) is 1. The largest absolute Gasteiger partial charge is 0.328 e. The fourth-order valence-corrected chi connectivity index (χ4v) is 3.18. The van der Waals surface area contributed by atoms with E-state index in [1.54, 1.807) is 11.3 Å². The first-order valence-electron chi connectivity index (χ1n) is 5.87. The lowest BCUT2D eigenvalue weighted by molar-refractivity contribution is 0.713. The molecule has 0 aliphatic carbocycles. The van der Waals surface area contributed by atoms with E-state index >= 15 is 0 Å². The maximum absolute atomic E-state index is 5.42. The van der Waals surface area contributed by atoms with Crippen LogP contribution in [0.25, 0.3) is 11.2 Å². The van der Waals surface area contributed by atoms with Crippen LogP contribution in [0.1, 0.15) is 17.5 Å². The first-order chi connectivity index (χ1) is 8.70. The first kappa shape index (κ1) is 11.7. The molecule has 1 N–H and O–H groups in total. The number of aromatic amines is 1. The summed E-state index contributed by atoms with van der Waals surface area (Å²) in [5.41, 5.74) is 3.22. The summed E-state index contributed by atoms with van der Waals surface area (Å²) in [7, 11) is 1.97. The van der Waals surface area contributed by atoms with Crippen LogP contribution in [-0.4, -0.2) is 19.3 Å². The van der Waals surface area contributed by atoms with E-state index in [-0.39, 0.29) is 0 Å². The number of aryl methyl sites for hydroxylation is 2. The number of imidazole rings is 1. The number of H-pyrrole nitrogens is 1. The van der Waals surface area contributed by atoms with Crippen molar-refractivity contribution in [3.8, 4) is 0 Å². The predicted octanol–water partition coefficient (Wildman–Crippen LogP) is 3.10. The number of hydrogen-bond donors (Lipinski definition) is 1. The summed E-state index contributed by atoms with van der Waals surface area (Å²) in [6.07, 6.45) is 0.908. The minimum absolute atomic E-state index is 0.765. The zero-order chi connectivity index (χ0) is 12.7. The van der Waals surface area contributed by atoms with E-state index in [1.807, 2.05) is 11.7 Å². The third-order valence-electron chi connectivity index (χ3n) is 3.05. The molecule has 0 fully saturated rings. The number of aromatic nitrogens is 4. The summed E-state index contributed by atoms with van der Waals surface area (Å²) in [5, 5.41) is 6.61. The highest BCUT2D eigenvalue weighted by Gasteiger charge is 2.14. The SMILES string of the molecule is CCc1nn(C)c2c1[nH]c(=S)n2Cc1cccs1. The monoisotopic (exact) mass is 278 g/mol. The van der Waals surface area contributed by atoms with E-state index in [9.17, 15) is 0 Å². The lowest BCUT2D eigenvalue weighted by Crippen LogP contribution is -2.03. The average Bonchev–Trinajstić information content (AvgIpc) is 3.01. The van der Waals surface area contributed by atoms with Crippen LogP contribution in [-0.2, 0) is 20.0 Å². The highest BCUT2D eigenvalue weighted by Crippen LogP contribution is 2.20. The van der Waals surface area contributed by atoms with Crippen LogP contribution in [0, 0.1) is 4.77 Å². The van der Waals surface area contributed by atoms with Gasteiger partial charge in [0.1, 0.15) is 5.52 Å². The Morgan fingerprint density at radius 2 is 2.33 bits per heavy atom. The van der Waals surface area contributed by atoms with Gasteiger partial charge in [0.05, 0.1) is 12.2 Å². The summed E-state index contributed by atoms with van der Waals surface area (Å²) in [6, 6.07) is 4.19. The molecule has 0 bridgehead atoms. The van der Waals surface area contributed by atoms with Crippen molar-refractivity contribution in [2.75, 3.05) is 0 Å². The molecule has 0 unspecified atom stereocenters. The summed E-state index contributed by atoms with van der Waals surface area (Å²) >= 11 is 7.16. The molecule has 3 aromatic heterocycles. The molecule has 3 heterocycles. The van der Waals surface area contributed by atoms with Crippen molar-refractivity contribution in [3.63, 3.8) is 0 Å². The Hall–Kier alpha value is -1.40. The van der Waals surface area contributed by atoms with Crippen LogP contribution in [0.5, 0.6) is 0 Å². The van der Waals surface area contributed by atoms with E-state index in [2.05, 4.69) is 39.1 Å². The standard InChI is InChI=1S/C12H14N4S2/c1-3-9-10-11(15(2)14-9)16(12(17)13-10)7-8-5-4-6-18-8/h4-6H,3,7H2,1-2H3,(H,13,17). The molecular formula is C12H14N4S2. The molecule has 0 aliphatic heterocycles. The zero-order valence-electron chi connectivity index (χ0n) is 10.3. The van der Waals surface area contributed by atoms with Gasteiger partial charge in [-0.1, -0.05) is 13.0 Å². The van der Waals surface area contributed by atoms with Crippen LogP contribution in [0.4, 0.5) is 0 Å². The fraction of sp³-hybridized carbons (Fsp3) is 0.333. The molecule has 3 aromatic rings. The van der Waals surface area contributed by atoms with E-state index in [4.69, 9.17) is 12.2 Å². The number of nitrogens with zero attached hydrogens (tertiary/aromatic N) is 3. The Kier molecular flexibility index (Phi) is 2.83. The Labute approximate surface area is 114 Å². The van der Waals surface area contributed by atoms with Crippen molar-refractivity contribution < 1.29 is 0 Å². The highest BCUT2D eigenvalue weighted by atomic mass is 32.1. The molecule has 0 saturated heterocycles. The Morgan fingerprint density at radius 3 is 3.00 bits per heavy atom. The molecular weight excluding hydrogens is 264 g/mol. The molecule has 4 nitrogen and oxygen atoms in total. The first-order valence-corrected chi connectivity index (χ1v) is 7.16. The van der Waals surface area contributed by atoms with Gasteiger partial charge >= 0.3 is 0 Å². The van der Waals surface area contributed by atoms with Gasteiger partial charge in [0.25, 0.3) is 0 Å². The molecule has 3 rings (SSSR count). The third-order valence-corrected chi connectivity index (χ3v) is 4.23. The maximum atomic E-state index is 5.42. The molecule has 18 heavy (non-hydrogen) atoms. The smallest absolute Gasteiger partial charge is 0.179 e. The van der Waals surface area contributed by atoms with Crippen molar-refractivity contribution in [1.82, 2.24) is 19.3 Å². The van der Waals surface area contributed by atoms with Crippen LogP contribution >= 0.6 is 23.6 Å². The molecule has 0 saturated carbocycles. The maximum Gasteiger partial charge on any atom is 0.179 e. The number of rotatable bonds is 3. The van der Waals surface area contributed by atoms with Crippen molar-refractivity contribution in [2.24, 2.45) is 7.05 Å².